The van der Waals surface area contributed by atoms with E-state index in [2.05, 4.69) is 36.5 Å². The second-order valence-corrected chi connectivity index (χ2v) is 5.33. The van der Waals surface area contributed by atoms with Gasteiger partial charge in [-0.05, 0) is 30.3 Å². The predicted octanol–water partition coefficient (Wildman–Crippen LogP) is 4.73. The molecule has 4 nitrogen and oxygen atoms in total. The summed E-state index contributed by atoms with van der Waals surface area (Å²) in [6.45, 7) is 0. The minimum atomic E-state index is 0.738. The fourth-order valence-corrected chi connectivity index (χ4v) is 2.28. The van der Waals surface area contributed by atoms with Crippen LogP contribution in [0, 0.1) is 0 Å². The number of para-hydroxylation sites is 1. The largest absolute Gasteiger partial charge is 0.340 e. The molecule has 0 radical (unpaired) electrons. The highest BCUT2D eigenvalue weighted by molar-refractivity contribution is 9.10. The monoisotopic (exact) mass is 340 g/mol. The van der Waals surface area contributed by atoms with Crippen LogP contribution >= 0.6 is 15.9 Å². The van der Waals surface area contributed by atoms with Gasteiger partial charge in [0.15, 0.2) is 0 Å². The number of nitrogens with zero attached hydrogens (tertiary/aromatic N) is 2. The zero-order valence-corrected chi connectivity index (χ0v) is 12.7. The third kappa shape index (κ3) is 3.79. The van der Waals surface area contributed by atoms with Crippen molar-refractivity contribution >= 4 is 38.9 Å². The van der Waals surface area contributed by atoms with Gasteiger partial charge < -0.3 is 10.6 Å². The number of hydrogen-bond donors (Lipinski definition) is 2. The normalized spacial score (nSPS) is 10.1. The fraction of sp³-hybridized carbons (Fsp3) is 0. The first-order chi connectivity index (χ1) is 10.3. The minimum absolute atomic E-state index is 0.738. The summed E-state index contributed by atoms with van der Waals surface area (Å²) in [5.41, 5.74) is 1.96. The van der Waals surface area contributed by atoms with E-state index in [4.69, 9.17) is 0 Å². The van der Waals surface area contributed by atoms with E-state index in [1.807, 2.05) is 60.7 Å². The Bertz CT molecular complexity index is 731. The summed E-state index contributed by atoms with van der Waals surface area (Å²) >= 11 is 3.45. The van der Waals surface area contributed by atoms with E-state index in [-0.39, 0.29) is 0 Å². The molecule has 1 heterocycles. The molecule has 0 unspecified atom stereocenters. The van der Waals surface area contributed by atoms with Crippen molar-refractivity contribution in [2.24, 2.45) is 0 Å². The minimum Gasteiger partial charge on any atom is -0.340 e. The Morgan fingerprint density at radius 2 is 1.38 bits per heavy atom. The molecule has 0 aliphatic carbocycles. The van der Waals surface area contributed by atoms with Crippen LogP contribution in [0.1, 0.15) is 0 Å². The molecular formula is C16H13BrN4. The summed E-state index contributed by atoms with van der Waals surface area (Å²) in [5.74, 6) is 1.48. The van der Waals surface area contributed by atoms with Crippen LogP contribution in [-0.4, -0.2) is 9.97 Å². The van der Waals surface area contributed by atoms with Gasteiger partial charge in [-0.15, -0.1) is 0 Å². The third-order valence-corrected chi connectivity index (χ3v) is 3.30. The number of nitrogens with one attached hydrogen (secondary N) is 2. The molecule has 3 aromatic rings. The summed E-state index contributed by atoms with van der Waals surface area (Å²) in [7, 11) is 0. The summed E-state index contributed by atoms with van der Waals surface area (Å²) in [6, 6.07) is 19.7. The van der Waals surface area contributed by atoms with Gasteiger partial charge in [0.25, 0.3) is 0 Å². The number of halogens is 1. The third-order valence-electron chi connectivity index (χ3n) is 2.81. The van der Waals surface area contributed by atoms with Crippen LogP contribution in [0.4, 0.5) is 23.0 Å². The molecule has 104 valence electrons. The van der Waals surface area contributed by atoms with Crippen LogP contribution in [0.15, 0.2) is 71.5 Å². The Morgan fingerprint density at radius 3 is 2.10 bits per heavy atom. The van der Waals surface area contributed by atoms with Crippen molar-refractivity contribution in [1.29, 1.82) is 0 Å². The molecular weight excluding hydrogens is 328 g/mol. The molecule has 0 saturated carbocycles. The van der Waals surface area contributed by atoms with Crippen LogP contribution in [0.2, 0.25) is 0 Å². The van der Waals surface area contributed by atoms with Crippen LogP contribution in [0.3, 0.4) is 0 Å². The molecule has 0 spiro atoms. The smallest absolute Gasteiger partial charge is 0.135 e. The maximum atomic E-state index is 4.23. The van der Waals surface area contributed by atoms with Gasteiger partial charge in [-0.1, -0.05) is 40.2 Å². The van der Waals surface area contributed by atoms with Gasteiger partial charge >= 0.3 is 0 Å². The van der Waals surface area contributed by atoms with E-state index in [0.717, 1.165) is 27.5 Å². The zero-order valence-electron chi connectivity index (χ0n) is 11.1. The quantitative estimate of drug-likeness (QED) is 0.721. The summed E-state index contributed by atoms with van der Waals surface area (Å²) in [4.78, 5) is 8.45. The Balaban J connectivity index is 1.77. The molecule has 0 bridgehead atoms. The number of anilines is 4. The van der Waals surface area contributed by atoms with Gasteiger partial charge in [0.2, 0.25) is 0 Å². The lowest BCUT2D eigenvalue weighted by molar-refractivity contribution is 1.17. The molecule has 3 rings (SSSR count). The van der Waals surface area contributed by atoms with Crippen molar-refractivity contribution < 1.29 is 0 Å². The van der Waals surface area contributed by atoms with Crippen LogP contribution in [-0.2, 0) is 0 Å². The van der Waals surface area contributed by atoms with Gasteiger partial charge in [-0.2, -0.15) is 0 Å². The number of hydrogen-bond acceptors (Lipinski definition) is 4. The van der Waals surface area contributed by atoms with Crippen molar-refractivity contribution in [3.8, 4) is 0 Å². The second kappa shape index (κ2) is 6.37. The van der Waals surface area contributed by atoms with Crippen molar-refractivity contribution in [3.63, 3.8) is 0 Å². The molecule has 5 heteroatoms. The lowest BCUT2D eigenvalue weighted by Gasteiger charge is -2.08. The van der Waals surface area contributed by atoms with Crippen molar-refractivity contribution in [2.75, 3.05) is 10.6 Å². The summed E-state index contributed by atoms with van der Waals surface area (Å²) in [6.07, 6.45) is 1.53. The highest BCUT2D eigenvalue weighted by Gasteiger charge is 2.00. The number of aromatic nitrogens is 2. The average Bonchev–Trinajstić information content (AvgIpc) is 2.49. The fourth-order valence-electron chi connectivity index (χ4n) is 1.88. The molecule has 0 saturated heterocycles. The standard InChI is InChI=1S/C16H13BrN4/c17-12-5-4-8-14(9-12)21-16-10-15(18-11-19-16)20-13-6-2-1-3-7-13/h1-11H,(H2,18,19,20,21). The molecule has 0 atom stereocenters. The molecule has 21 heavy (non-hydrogen) atoms. The van der Waals surface area contributed by atoms with Crippen LogP contribution in [0.25, 0.3) is 0 Å². The van der Waals surface area contributed by atoms with E-state index in [1.54, 1.807) is 0 Å². The van der Waals surface area contributed by atoms with E-state index < -0.39 is 0 Å². The Hall–Kier alpha value is -2.40. The van der Waals surface area contributed by atoms with Crippen LogP contribution < -0.4 is 10.6 Å². The topological polar surface area (TPSA) is 49.8 Å². The molecule has 0 fully saturated rings. The zero-order chi connectivity index (χ0) is 14.5. The Morgan fingerprint density at radius 1 is 0.714 bits per heavy atom. The first-order valence-electron chi connectivity index (χ1n) is 6.46. The van der Waals surface area contributed by atoms with Crippen molar-refractivity contribution in [3.05, 3.63) is 71.5 Å². The number of rotatable bonds is 4. The van der Waals surface area contributed by atoms with E-state index in [1.165, 1.54) is 6.33 Å². The number of benzene rings is 2. The van der Waals surface area contributed by atoms with Crippen molar-refractivity contribution in [1.82, 2.24) is 9.97 Å². The summed E-state index contributed by atoms with van der Waals surface area (Å²) < 4.78 is 1.02. The Labute approximate surface area is 131 Å². The molecule has 2 aromatic carbocycles. The summed E-state index contributed by atoms with van der Waals surface area (Å²) in [5, 5.41) is 6.49. The van der Waals surface area contributed by atoms with Gasteiger partial charge in [0.05, 0.1) is 0 Å². The van der Waals surface area contributed by atoms with E-state index in [0.29, 0.717) is 0 Å². The maximum Gasteiger partial charge on any atom is 0.135 e. The predicted molar refractivity (Wildman–Crippen MR) is 89.2 cm³/mol. The first kappa shape index (κ1) is 13.6. The highest BCUT2D eigenvalue weighted by atomic mass is 79.9. The lowest BCUT2D eigenvalue weighted by Crippen LogP contribution is -1.98. The van der Waals surface area contributed by atoms with Gasteiger partial charge in [0, 0.05) is 21.9 Å². The van der Waals surface area contributed by atoms with Gasteiger partial charge in [-0.3, -0.25) is 0 Å². The van der Waals surface area contributed by atoms with E-state index >= 15 is 0 Å². The molecule has 2 N–H and O–H groups in total. The highest BCUT2D eigenvalue weighted by Crippen LogP contribution is 2.21. The average molecular weight is 341 g/mol. The molecule has 1 aromatic heterocycles. The lowest BCUT2D eigenvalue weighted by atomic mass is 10.3. The van der Waals surface area contributed by atoms with Gasteiger partial charge in [0.1, 0.15) is 18.0 Å². The second-order valence-electron chi connectivity index (χ2n) is 4.41. The molecule has 0 amide bonds. The van der Waals surface area contributed by atoms with E-state index in [9.17, 15) is 0 Å². The Kier molecular flexibility index (Phi) is 4.12. The van der Waals surface area contributed by atoms with Crippen LogP contribution in [0.5, 0.6) is 0 Å². The SMILES string of the molecule is Brc1cccc(Nc2cc(Nc3ccccc3)ncn2)c1. The molecule has 0 aliphatic rings. The van der Waals surface area contributed by atoms with Gasteiger partial charge in [-0.25, -0.2) is 9.97 Å². The maximum absolute atomic E-state index is 4.23. The first-order valence-corrected chi connectivity index (χ1v) is 7.25. The van der Waals surface area contributed by atoms with Crippen molar-refractivity contribution in [2.45, 2.75) is 0 Å². The molecule has 0 aliphatic heterocycles.